The van der Waals surface area contributed by atoms with Crippen LogP contribution in [-0.2, 0) is 66.7 Å². The van der Waals surface area contributed by atoms with Crippen molar-refractivity contribution in [3.8, 4) is 0 Å². The van der Waals surface area contributed by atoms with Crippen LogP contribution in [0.1, 0.15) is 41.0 Å². The number of ether oxygens (including phenoxy) is 8. The number of methoxy groups -OCH3 is 1. The molecule has 14 nitrogen and oxygen atoms in total. The van der Waals surface area contributed by atoms with Gasteiger partial charge in [0.15, 0.2) is 36.8 Å². The largest absolute Gasteiger partial charge is 0.462 e. The summed E-state index contributed by atoms with van der Waals surface area (Å²) in [5, 5.41) is -0.665. The van der Waals surface area contributed by atoms with E-state index in [0.717, 1.165) is 32.5 Å². The third-order valence-corrected chi connectivity index (χ3v) is 6.72. The maximum atomic E-state index is 12.3. The molecular formula is C23H32O14S. The number of rotatable bonds is 10. The summed E-state index contributed by atoms with van der Waals surface area (Å²) < 4.78 is 43.0. The first-order valence-corrected chi connectivity index (χ1v) is 12.7. The molecule has 0 unspecified atom stereocenters. The highest BCUT2D eigenvalue weighted by Crippen LogP contribution is 2.35. The highest BCUT2D eigenvalue weighted by molar-refractivity contribution is 8.00. The van der Waals surface area contributed by atoms with Gasteiger partial charge in [-0.05, 0) is 0 Å². The van der Waals surface area contributed by atoms with Crippen molar-refractivity contribution in [2.45, 2.75) is 89.2 Å². The van der Waals surface area contributed by atoms with E-state index >= 15 is 0 Å². The summed E-state index contributed by atoms with van der Waals surface area (Å²) in [6, 6.07) is 0. The minimum absolute atomic E-state index is 0.0262. The molecule has 0 aromatic rings. The van der Waals surface area contributed by atoms with Crippen molar-refractivity contribution in [3.05, 3.63) is 0 Å². The predicted molar refractivity (Wildman–Crippen MR) is 125 cm³/mol. The molecule has 0 aliphatic carbocycles. The van der Waals surface area contributed by atoms with Crippen LogP contribution in [0.2, 0.25) is 0 Å². The van der Waals surface area contributed by atoms with Gasteiger partial charge in [-0.25, -0.2) is 0 Å². The van der Waals surface area contributed by atoms with Crippen molar-refractivity contribution in [1.29, 1.82) is 0 Å². The monoisotopic (exact) mass is 564 g/mol. The third-order valence-electron chi connectivity index (χ3n) is 5.34. The molecule has 0 radical (unpaired) electrons. The topological polar surface area (TPSA) is 176 Å². The molecule has 0 amide bonds. The van der Waals surface area contributed by atoms with E-state index in [9.17, 15) is 28.8 Å². The molecule has 2 saturated heterocycles. The minimum atomic E-state index is -1.28. The second-order valence-electron chi connectivity index (χ2n) is 8.48. The van der Waals surface area contributed by atoms with Crippen LogP contribution < -0.4 is 0 Å². The zero-order valence-corrected chi connectivity index (χ0v) is 22.7. The van der Waals surface area contributed by atoms with E-state index in [4.69, 9.17) is 37.9 Å². The summed E-state index contributed by atoms with van der Waals surface area (Å²) in [5.74, 6) is -3.99. The van der Waals surface area contributed by atoms with Gasteiger partial charge >= 0.3 is 35.8 Å². The summed E-state index contributed by atoms with van der Waals surface area (Å²) in [4.78, 5) is 70.9. The number of cyclic esters (lactones) is 1. The summed E-state index contributed by atoms with van der Waals surface area (Å²) >= 11 is 1.14. The first-order valence-electron chi connectivity index (χ1n) is 11.6. The number of carbonyl (C=O) groups is 6. The van der Waals surface area contributed by atoms with Gasteiger partial charge in [-0.3, -0.25) is 28.8 Å². The fraction of sp³-hybridized carbons (Fsp3) is 0.739. The first kappa shape index (κ1) is 31.3. The predicted octanol–water partition coefficient (Wildman–Crippen LogP) is 0.0649. The van der Waals surface area contributed by atoms with Gasteiger partial charge in [-0.15, -0.1) is 0 Å². The van der Waals surface area contributed by atoms with Gasteiger partial charge in [0.05, 0.1) is 11.7 Å². The van der Waals surface area contributed by atoms with Gasteiger partial charge in [-0.2, -0.15) is 11.8 Å². The van der Waals surface area contributed by atoms with Crippen molar-refractivity contribution in [2.75, 3.05) is 19.5 Å². The Morgan fingerprint density at radius 2 is 1.29 bits per heavy atom. The van der Waals surface area contributed by atoms with Crippen molar-refractivity contribution >= 4 is 47.6 Å². The van der Waals surface area contributed by atoms with Crippen LogP contribution in [0, 0.1) is 0 Å². The summed E-state index contributed by atoms with van der Waals surface area (Å²) in [6.07, 6.45) is -8.10. The van der Waals surface area contributed by atoms with Crippen LogP contribution in [0.5, 0.6) is 0 Å². The molecule has 2 heterocycles. The van der Waals surface area contributed by atoms with Gasteiger partial charge in [0.25, 0.3) is 0 Å². The van der Waals surface area contributed by atoms with Gasteiger partial charge in [0.2, 0.25) is 0 Å². The zero-order valence-electron chi connectivity index (χ0n) is 21.9. The lowest BCUT2D eigenvalue weighted by Crippen LogP contribution is -2.62. The Morgan fingerprint density at radius 3 is 1.82 bits per heavy atom. The second kappa shape index (κ2) is 14.3. The normalized spacial score (nSPS) is 30.8. The lowest BCUT2D eigenvalue weighted by Gasteiger charge is -2.44. The lowest BCUT2D eigenvalue weighted by molar-refractivity contribution is -0.294. The molecular weight excluding hydrogens is 532 g/mol. The minimum Gasteiger partial charge on any atom is -0.462 e. The van der Waals surface area contributed by atoms with Crippen LogP contribution in [0.25, 0.3) is 0 Å². The van der Waals surface area contributed by atoms with E-state index in [-0.39, 0.29) is 18.8 Å². The Kier molecular flexibility index (Phi) is 11.8. The van der Waals surface area contributed by atoms with Crippen molar-refractivity contribution in [2.24, 2.45) is 0 Å². The molecule has 15 heteroatoms. The van der Waals surface area contributed by atoms with E-state index in [1.54, 1.807) is 0 Å². The molecule has 0 aromatic heterocycles. The summed E-state index contributed by atoms with van der Waals surface area (Å²) in [7, 11) is 1.29. The van der Waals surface area contributed by atoms with E-state index in [2.05, 4.69) is 0 Å². The van der Waals surface area contributed by atoms with Crippen LogP contribution >= 0.6 is 11.8 Å². The lowest BCUT2D eigenvalue weighted by atomic mass is 9.98. The fourth-order valence-corrected chi connectivity index (χ4v) is 5.41. The molecule has 8 atom stereocenters. The number of hydrogen-bond acceptors (Lipinski definition) is 15. The van der Waals surface area contributed by atoms with E-state index in [0.29, 0.717) is 0 Å². The molecule has 2 rings (SSSR count). The Labute approximate surface area is 223 Å². The van der Waals surface area contributed by atoms with Crippen molar-refractivity contribution in [1.82, 2.24) is 0 Å². The fourth-order valence-electron chi connectivity index (χ4n) is 4.03. The van der Waals surface area contributed by atoms with Crippen molar-refractivity contribution < 1.29 is 66.7 Å². The van der Waals surface area contributed by atoms with Crippen LogP contribution in [0.4, 0.5) is 0 Å². The quantitative estimate of drug-likeness (QED) is 0.257. The summed E-state index contributed by atoms with van der Waals surface area (Å²) in [6.45, 7) is 5.47. The molecule has 38 heavy (non-hydrogen) atoms. The highest BCUT2D eigenvalue weighted by atomic mass is 32.2. The van der Waals surface area contributed by atoms with Crippen LogP contribution in [0.15, 0.2) is 0 Å². The molecule has 0 bridgehead atoms. The smallest absolute Gasteiger partial charge is 0.307 e. The molecule has 0 aromatic carbocycles. The molecule has 2 aliphatic heterocycles. The highest BCUT2D eigenvalue weighted by Gasteiger charge is 2.52. The molecule has 214 valence electrons. The second-order valence-corrected chi connectivity index (χ2v) is 9.75. The van der Waals surface area contributed by atoms with Crippen molar-refractivity contribution in [3.63, 3.8) is 0 Å². The maximum Gasteiger partial charge on any atom is 0.307 e. The maximum absolute atomic E-state index is 12.3. The van der Waals surface area contributed by atoms with E-state index in [1.165, 1.54) is 21.0 Å². The van der Waals surface area contributed by atoms with Gasteiger partial charge in [0.1, 0.15) is 12.7 Å². The number of hydrogen-bond donors (Lipinski definition) is 0. The number of thioether (sulfide) groups is 1. The third kappa shape index (κ3) is 9.13. The average molecular weight is 565 g/mol. The molecule has 2 fully saturated rings. The van der Waals surface area contributed by atoms with E-state index in [1.807, 2.05) is 0 Å². The Morgan fingerprint density at radius 1 is 0.763 bits per heavy atom. The van der Waals surface area contributed by atoms with Gasteiger partial charge in [0, 0.05) is 47.5 Å². The Bertz CT molecular complexity index is 907. The molecule has 0 spiro atoms. The molecule has 2 aliphatic rings. The van der Waals surface area contributed by atoms with Gasteiger partial charge in [-0.1, -0.05) is 0 Å². The SMILES string of the molecule is CO[C@@H]1O[C@H](CS[C@H]2CC(=O)O[C@H](COC(C)=O)[C@H]2OC(C)=O)[C@@H](OC(C)=O)[C@H](OC(C)=O)[C@H]1OC(C)=O. The first-order chi connectivity index (χ1) is 17.8. The Balaban J connectivity index is 2.32. The Hall–Kier alpha value is -2.91. The standard InChI is InChI=1S/C23H32O14S/c1-10(24)31-8-15-19(32-11(2)25)17(7-18(29)36-15)38-9-16-20(33-12(3)26)21(34-13(4)27)22(35-14(5)28)23(30-6)37-16/h15-17,19-23H,7-9H2,1-6H3/t15-,16-,17+,19-,20-,21+,22-,23-/m1/s1. The zero-order chi connectivity index (χ0) is 28.6. The van der Waals surface area contributed by atoms with Crippen LogP contribution in [0.3, 0.4) is 0 Å². The van der Waals surface area contributed by atoms with E-state index < -0.39 is 84.0 Å². The number of carbonyl (C=O) groups excluding carboxylic acids is 6. The number of esters is 6. The summed E-state index contributed by atoms with van der Waals surface area (Å²) in [5.41, 5.74) is 0. The molecule has 0 saturated carbocycles. The average Bonchev–Trinajstić information content (AvgIpc) is 2.79. The van der Waals surface area contributed by atoms with Crippen LogP contribution in [-0.4, -0.2) is 103 Å². The molecule has 0 N–H and O–H groups in total. The van der Waals surface area contributed by atoms with Gasteiger partial charge < -0.3 is 37.9 Å².